The summed E-state index contributed by atoms with van der Waals surface area (Å²) in [5, 5.41) is 0. The number of hydrogen-bond acceptors (Lipinski definition) is 3. The zero-order valence-electron chi connectivity index (χ0n) is 12.5. The lowest BCUT2D eigenvalue weighted by Gasteiger charge is -2.19. The molecule has 0 fully saturated rings. The van der Waals surface area contributed by atoms with Crippen LogP contribution < -0.4 is 5.73 Å². The van der Waals surface area contributed by atoms with Gasteiger partial charge >= 0.3 is 0 Å². The van der Waals surface area contributed by atoms with Gasteiger partial charge in [-0.1, -0.05) is 43.3 Å². The summed E-state index contributed by atoms with van der Waals surface area (Å²) in [6.45, 7) is 2.28. The fraction of sp³-hybridized carbons (Fsp3) is 0.222. The van der Waals surface area contributed by atoms with E-state index in [-0.39, 0.29) is 24.4 Å². The minimum Gasteiger partial charge on any atom is -0.322 e. The molecule has 22 heavy (non-hydrogen) atoms. The summed E-state index contributed by atoms with van der Waals surface area (Å²) in [6.07, 6.45) is 0.966. The lowest BCUT2D eigenvalue weighted by molar-refractivity contribution is 0.0644. The highest BCUT2D eigenvalue weighted by molar-refractivity contribution is 6.21. The predicted molar refractivity (Wildman–Crippen MR) is 84.6 cm³/mol. The second-order valence-electron chi connectivity index (χ2n) is 5.47. The third-order valence-electron chi connectivity index (χ3n) is 4.07. The first kappa shape index (κ1) is 14.5. The van der Waals surface area contributed by atoms with Crippen LogP contribution in [0.3, 0.4) is 0 Å². The van der Waals surface area contributed by atoms with Gasteiger partial charge in [0.2, 0.25) is 0 Å². The van der Waals surface area contributed by atoms with Crippen LogP contribution in [0.25, 0.3) is 0 Å². The van der Waals surface area contributed by atoms with E-state index in [2.05, 4.69) is 6.92 Å². The molecule has 0 aromatic heterocycles. The molecular weight excluding hydrogens is 276 g/mol. The number of fused-ring (bicyclic) bond motifs is 1. The highest BCUT2D eigenvalue weighted by Crippen LogP contribution is 2.24. The van der Waals surface area contributed by atoms with E-state index >= 15 is 0 Å². The second kappa shape index (κ2) is 5.73. The van der Waals surface area contributed by atoms with Crippen LogP contribution >= 0.6 is 0 Å². The number of aryl methyl sites for hydroxylation is 1. The molecule has 2 N–H and O–H groups in total. The van der Waals surface area contributed by atoms with Crippen LogP contribution in [0, 0.1) is 0 Å². The van der Waals surface area contributed by atoms with Gasteiger partial charge in [-0.3, -0.25) is 14.5 Å². The van der Waals surface area contributed by atoms with E-state index in [1.807, 2.05) is 24.3 Å². The molecular formula is C18H18N2O2. The molecule has 0 saturated carbocycles. The van der Waals surface area contributed by atoms with Gasteiger partial charge in [-0.15, -0.1) is 0 Å². The fourth-order valence-corrected chi connectivity index (χ4v) is 2.71. The average molecular weight is 294 g/mol. The van der Waals surface area contributed by atoms with E-state index < -0.39 is 0 Å². The van der Waals surface area contributed by atoms with Crippen molar-refractivity contribution in [2.24, 2.45) is 5.73 Å². The summed E-state index contributed by atoms with van der Waals surface area (Å²) in [5.41, 5.74) is 9.26. The molecule has 2 aromatic rings. The number of benzene rings is 2. The van der Waals surface area contributed by atoms with E-state index in [0.29, 0.717) is 11.1 Å². The fourth-order valence-electron chi connectivity index (χ4n) is 2.71. The summed E-state index contributed by atoms with van der Waals surface area (Å²) >= 11 is 0. The highest BCUT2D eigenvalue weighted by Gasteiger charge is 2.35. The maximum atomic E-state index is 12.3. The van der Waals surface area contributed by atoms with Gasteiger partial charge in [-0.05, 0) is 29.7 Å². The van der Waals surface area contributed by atoms with E-state index in [9.17, 15) is 9.59 Å². The Bertz CT molecular complexity index is 687. The van der Waals surface area contributed by atoms with Crippen molar-refractivity contribution in [2.75, 3.05) is 6.54 Å². The van der Waals surface area contributed by atoms with Crippen LogP contribution in [0.5, 0.6) is 0 Å². The molecule has 1 aliphatic heterocycles. The molecule has 1 heterocycles. The molecule has 3 rings (SSSR count). The second-order valence-corrected chi connectivity index (χ2v) is 5.47. The summed E-state index contributed by atoms with van der Waals surface area (Å²) in [6, 6.07) is 14.5. The zero-order chi connectivity index (χ0) is 15.7. The van der Waals surface area contributed by atoms with Crippen molar-refractivity contribution in [3.63, 3.8) is 0 Å². The Kier molecular flexibility index (Phi) is 3.77. The van der Waals surface area contributed by atoms with Gasteiger partial charge in [0.15, 0.2) is 0 Å². The van der Waals surface area contributed by atoms with Gasteiger partial charge in [-0.25, -0.2) is 0 Å². The molecule has 0 saturated heterocycles. The van der Waals surface area contributed by atoms with Crippen molar-refractivity contribution in [1.82, 2.24) is 4.90 Å². The third kappa shape index (κ3) is 2.42. The number of carbonyl (C=O) groups excluding carboxylic acids is 2. The molecule has 1 atom stereocenters. The maximum Gasteiger partial charge on any atom is 0.261 e. The topological polar surface area (TPSA) is 63.4 Å². The quantitative estimate of drug-likeness (QED) is 0.881. The van der Waals surface area contributed by atoms with Gasteiger partial charge in [0.05, 0.1) is 11.1 Å². The number of carbonyl (C=O) groups is 2. The molecule has 4 nitrogen and oxygen atoms in total. The van der Waals surface area contributed by atoms with Crippen molar-refractivity contribution in [2.45, 2.75) is 19.4 Å². The Morgan fingerprint density at radius 1 is 0.955 bits per heavy atom. The first-order chi connectivity index (χ1) is 10.6. The summed E-state index contributed by atoms with van der Waals surface area (Å²) in [5.74, 6) is -0.526. The molecule has 2 amide bonds. The van der Waals surface area contributed by atoms with Gasteiger partial charge in [0, 0.05) is 12.6 Å². The molecule has 0 radical (unpaired) electrons. The molecule has 112 valence electrons. The summed E-state index contributed by atoms with van der Waals surface area (Å²) in [7, 11) is 0. The Morgan fingerprint density at radius 3 is 2.00 bits per heavy atom. The molecule has 1 aliphatic rings. The van der Waals surface area contributed by atoms with Crippen molar-refractivity contribution >= 4 is 11.8 Å². The van der Waals surface area contributed by atoms with E-state index in [0.717, 1.165) is 12.0 Å². The third-order valence-corrected chi connectivity index (χ3v) is 4.07. The zero-order valence-corrected chi connectivity index (χ0v) is 12.5. The van der Waals surface area contributed by atoms with Crippen molar-refractivity contribution in [3.8, 4) is 0 Å². The molecule has 0 spiro atoms. The van der Waals surface area contributed by atoms with E-state index in [1.165, 1.54) is 10.5 Å². The van der Waals surface area contributed by atoms with Crippen LogP contribution in [0.1, 0.15) is 44.8 Å². The Labute approximate surface area is 129 Å². The Balaban J connectivity index is 1.79. The molecule has 4 heteroatoms. The van der Waals surface area contributed by atoms with Crippen molar-refractivity contribution < 1.29 is 9.59 Å². The number of imide groups is 1. The summed E-state index contributed by atoms with van der Waals surface area (Å²) in [4.78, 5) is 25.9. The van der Waals surface area contributed by atoms with Gasteiger partial charge in [-0.2, -0.15) is 0 Å². The molecule has 0 bridgehead atoms. The number of nitrogens with zero attached hydrogens (tertiary/aromatic N) is 1. The SMILES string of the molecule is CCc1ccc(C(N)CN2C(=O)c3ccccc3C2=O)cc1. The largest absolute Gasteiger partial charge is 0.322 e. The van der Waals surface area contributed by atoms with E-state index in [1.54, 1.807) is 24.3 Å². The van der Waals surface area contributed by atoms with Crippen LogP contribution in [0.15, 0.2) is 48.5 Å². The predicted octanol–water partition coefficient (Wildman–Crippen LogP) is 2.55. The number of nitrogens with two attached hydrogens (primary N) is 1. The van der Waals surface area contributed by atoms with Crippen molar-refractivity contribution in [3.05, 3.63) is 70.8 Å². The average Bonchev–Trinajstić information content (AvgIpc) is 2.80. The monoisotopic (exact) mass is 294 g/mol. The normalized spacial score (nSPS) is 15.1. The van der Waals surface area contributed by atoms with E-state index in [4.69, 9.17) is 5.73 Å². The van der Waals surface area contributed by atoms with Crippen LogP contribution in [0.2, 0.25) is 0 Å². The highest BCUT2D eigenvalue weighted by atomic mass is 16.2. The van der Waals surface area contributed by atoms with Gasteiger partial charge in [0.1, 0.15) is 0 Å². The Hall–Kier alpha value is -2.46. The smallest absolute Gasteiger partial charge is 0.261 e. The molecule has 0 aliphatic carbocycles. The maximum absolute atomic E-state index is 12.3. The molecule has 2 aromatic carbocycles. The van der Waals surface area contributed by atoms with Crippen LogP contribution in [-0.4, -0.2) is 23.3 Å². The minimum atomic E-state index is -0.381. The first-order valence-corrected chi connectivity index (χ1v) is 7.41. The number of rotatable bonds is 4. The van der Waals surface area contributed by atoms with Crippen LogP contribution in [0.4, 0.5) is 0 Å². The first-order valence-electron chi connectivity index (χ1n) is 7.41. The van der Waals surface area contributed by atoms with Gasteiger partial charge < -0.3 is 5.73 Å². The van der Waals surface area contributed by atoms with Gasteiger partial charge in [0.25, 0.3) is 11.8 Å². The summed E-state index contributed by atoms with van der Waals surface area (Å²) < 4.78 is 0. The number of amides is 2. The standard InChI is InChI=1S/C18H18N2O2/c1-2-12-7-9-13(10-8-12)16(19)11-20-17(21)14-5-3-4-6-15(14)18(20)22/h3-10,16H,2,11,19H2,1H3. The lowest BCUT2D eigenvalue weighted by Crippen LogP contribution is -2.36. The lowest BCUT2D eigenvalue weighted by atomic mass is 10.0. The van der Waals surface area contributed by atoms with Crippen molar-refractivity contribution in [1.29, 1.82) is 0 Å². The molecule has 1 unspecified atom stereocenters. The minimum absolute atomic E-state index is 0.192. The Morgan fingerprint density at radius 2 is 1.50 bits per heavy atom. The number of hydrogen-bond donors (Lipinski definition) is 1. The van der Waals surface area contributed by atoms with Crippen LogP contribution in [-0.2, 0) is 6.42 Å².